The van der Waals surface area contributed by atoms with Crippen LogP contribution in [-0.4, -0.2) is 21.0 Å². The second kappa shape index (κ2) is 5.16. The number of hydrogen-bond acceptors (Lipinski definition) is 4. The molecular formula is C18H17F3N4. The zero-order valence-electron chi connectivity index (χ0n) is 13.4. The predicted octanol–water partition coefficient (Wildman–Crippen LogP) is 4.01. The Morgan fingerprint density at radius 1 is 1.04 bits per heavy atom. The van der Waals surface area contributed by atoms with Crippen LogP contribution >= 0.6 is 0 Å². The van der Waals surface area contributed by atoms with Gasteiger partial charge in [-0.2, -0.15) is 13.2 Å². The topological polar surface area (TPSA) is 50.7 Å². The number of nitrogens with zero attached hydrogens (tertiary/aromatic N) is 3. The second-order valence-electron chi connectivity index (χ2n) is 7.33. The van der Waals surface area contributed by atoms with Gasteiger partial charge in [0.25, 0.3) is 0 Å². The van der Waals surface area contributed by atoms with Gasteiger partial charge in [-0.15, -0.1) is 0 Å². The third-order valence-electron chi connectivity index (χ3n) is 5.96. The van der Waals surface area contributed by atoms with E-state index in [1.807, 2.05) is 0 Å². The third kappa shape index (κ3) is 2.48. The number of nitrogens with one attached hydrogen (secondary N) is 1. The fourth-order valence-corrected chi connectivity index (χ4v) is 4.97. The van der Waals surface area contributed by atoms with Crippen molar-refractivity contribution in [2.45, 2.75) is 31.5 Å². The summed E-state index contributed by atoms with van der Waals surface area (Å²) in [4.78, 5) is 12.1. The van der Waals surface area contributed by atoms with Crippen LogP contribution in [0.2, 0.25) is 0 Å². The molecule has 7 heteroatoms. The molecule has 0 radical (unpaired) electrons. The van der Waals surface area contributed by atoms with Crippen molar-refractivity contribution in [3.8, 4) is 11.5 Å². The van der Waals surface area contributed by atoms with Crippen molar-refractivity contribution in [1.29, 1.82) is 0 Å². The highest BCUT2D eigenvalue weighted by molar-refractivity contribution is 5.54. The number of alkyl halides is 3. The Hall–Kier alpha value is -2.18. The minimum Gasteiger partial charge on any atom is -0.367 e. The van der Waals surface area contributed by atoms with Crippen molar-refractivity contribution >= 4 is 5.82 Å². The highest BCUT2D eigenvalue weighted by Gasteiger charge is 2.65. The molecule has 2 aromatic rings. The van der Waals surface area contributed by atoms with Gasteiger partial charge in [-0.3, -0.25) is 4.98 Å². The molecule has 2 bridgehead atoms. The van der Waals surface area contributed by atoms with Crippen LogP contribution in [0.25, 0.3) is 11.5 Å². The molecule has 1 N–H and O–H groups in total. The van der Waals surface area contributed by atoms with Gasteiger partial charge < -0.3 is 5.32 Å². The zero-order chi connectivity index (χ0) is 17.2. The first-order valence-electron chi connectivity index (χ1n) is 8.65. The number of pyridine rings is 1. The molecule has 0 amide bonds. The fourth-order valence-electron chi connectivity index (χ4n) is 4.97. The summed E-state index contributed by atoms with van der Waals surface area (Å²) in [5.41, 5.74) is -0.591. The standard InChI is InChI=1S/C18H17F3N4/c19-18(20,21)12-8-13(25-17(23-12)11-3-1-2-6-22-11)24-16-14-9-4-5-10(7-9)15(14)16/h1-3,6,8-10,14-16H,4-5,7H2,(H,23,24,25). The van der Waals surface area contributed by atoms with Gasteiger partial charge in [0.15, 0.2) is 11.5 Å². The molecule has 25 heavy (non-hydrogen) atoms. The monoisotopic (exact) mass is 346 g/mol. The number of fused-ring (bicyclic) bond motifs is 5. The summed E-state index contributed by atoms with van der Waals surface area (Å²) in [5.74, 6) is 2.97. The van der Waals surface area contributed by atoms with Crippen LogP contribution < -0.4 is 5.32 Å². The van der Waals surface area contributed by atoms with Crippen molar-refractivity contribution in [1.82, 2.24) is 15.0 Å². The summed E-state index contributed by atoms with van der Waals surface area (Å²) in [7, 11) is 0. The molecule has 3 fully saturated rings. The van der Waals surface area contributed by atoms with Gasteiger partial charge in [0.2, 0.25) is 0 Å². The third-order valence-corrected chi connectivity index (χ3v) is 5.96. The Labute approximate surface area is 142 Å². The first-order chi connectivity index (χ1) is 12.0. The highest BCUT2D eigenvalue weighted by Crippen LogP contribution is 2.66. The molecule has 130 valence electrons. The van der Waals surface area contributed by atoms with E-state index in [4.69, 9.17) is 0 Å². The maximum atomic E-state index is 13.2. The number of rotatable bonds is 3. The SMILES string of the molecule is FC(F)(F)c1cc(NC2C3C4CCC(C4)C23)nc(-c2ccccn2)n1. The molecular weight excluding hydrogens is 329 g/mol. The van der Waals surface area contributed by atoms with E-state index in [1.54, 1.807) is 18.2 Å². The van der Waals surface area contributed by atoms with Gasteiger partial charge >= 0.3 is 6.18 Å². The van der Waals surface area contributed by atoms with Gasteiger partial charge in [0.05, 0.1) is 0 Å². The molecule has 4 unspecified atom stereocenters. The molecule has 2 heterocycles. The van der Waals surface area contributed by atoms with E-state index in [9.17, 15) is 13.2 Å². The van der Waals surface area contributed by atoms with Crippen LogP contribution in [0.15, 0.2) is 30.5 Å². The van der Waals surface area contributed by atoms with Crippen LogP contribution in [-0.2, 0) is 6.18 Å². The lowest BCUT2D eigenvalue weighted by atomic mass is 10.0. The summed E-state index contributed by atoms with van der Waals surface area (Å²) in [6, 6.07) is 6.31. The smallest absolute Gasteiger partial charge is 0.367 e. The quantitative estimate of drug-likeness (QED) is 0.912. The van der Waals surface area contributed by atoms with Crippen molar-refractivity contribution in [2.24, 2.45) is 23.7 Å². The number of hydrogen-bond donors (Lipinski definition) is 1. The molecule has 4 atom stereocenters. The summed E-state index contributed by atoms with van der Waals surface area (Å²) in [6.45, 7) is 0. The van der Waals surface area contributed by atoms with E-state index in [0.29, 0.717) is 17.5 Å². The average Bonchev–Trinajstić information content (AvgIpc) is 2.98. The molecule has 0 aliphatic heterocycles. The maximum absolute atomic E-state index is 13.2. The predicted molar refractivity (Wildman–Crippen MR) is 85.5 cm³/mol. The van der Waals surface area contributed by atoms with E-state index in [1.165, 1.54) is 25.5 Å². The molecule has 5 rings (SSSR count). The molecule has 3 saturated carbocycles. The minimum atomic E-state index is -4.51. The summed E-state index contributed by atoms with van der Waals surface area (Å²) in [6.07, 6.45) is 0.836. The van der Waals surface area contributed by atoms with Crippen molar-refractivity contribution in [2.75, 3.05) is 5.32 Å². The Balaban J connectivity index is 1.47. The maximum Gasteiger partial charge on any atom is 0.433 e. The van der Waals surface area contributed by atoms with Gasteiger partial charge in [-0.1, -0.05) is 6.07 Å². The number of halogens is 3. The number of anilines is 1. The van der Waals surface area contributed by atoms with Crippen molar-refractivity contribution < 1.29 is 13.2 Å². The lowest BCUT2D eigenvalue weighted by Crippen LogP contribution is -2.16. The summed E-state index contributed by atoms with van der Waals surface area (Å²) in [5, 5.41) is 3.26. The number of aromatic nitrogens is 3. The average molecular weight is 346 g/mol. The van der Waals surface area contributed by atoms with Crippen LogP contribution in [0.1, 0.15) is 25.0 Å². The van der Waals surface area contributed by atoms with E-state index in [0.717, 1.165) is 17.9 Å². The normalized spacial score (nSPS) is 32.5. The Kier molecular flexibility index (Phi) is 3.12. The summed E-state index contributed by atoms with van der Waals surface area (Å²) >= 11 is 0. The van der Waals surface area contributed by atoms with Crippen molar-refractivity contribution in [3.63, 3.8) is 0 Å². The van der Waals surface area contributed by atoms with E-state index in [2.05, 4.69) is 20.3 Å². The second-order valence-corrected chi connectivity index (χ2v) is 7.33. The van der Waals surface area contributed by atoms with Crippen LogP contribution in [0.3, 0.4) is 0 Å². The van der Waals surface area contributed by atoms with Gasteiger partial charge in [0, 0.05) is 18.3 Å². The molecule has 0 saturated heterocycles. The van der Waals surface area contributed by atoms with Crippen LogP contribution in [0.4, 0.5) is 19.0 Å². The molecule has 4 nitrogen and oxygen atoms in total. The lowest BCUT2D eigenvalue weighted by Gasteiger charge is -2.14. The van der Waals surface area contributed by atoms with E-state index in [-0.39, 0.29) is 17.7 Å². The van der Waals surface area contributed by atoms with Crippen LogP contribution in [0.5, 0.6) is 0 Å². The molecule has 0 aromatic carbocycles. The fraction of sp³-hybridized carbons (Fsp3) is 0.500. The zero-order valence-corrected chi connectivity index (χ0v) is 13.4. The molecule has 3 aliphatic rings. The first kappa shape index (κ1) is 15.1. The molecule has 0 spiro atoms. The van der Waals surface area contributed by atoms with E-state index >= 15 is 0 Å². The van der Waals surface area contributed by atoms with E-state index < -0.39 is 11.9 Å². The minimum absolute atomic E-state index is 0.00621. The molecule has 3 aliphatic carbocycles. The van der Waals surface area contributed by atoms with Gasteiger partial charge in [0.1, 0.15) is 11.5 Å². The first-order valence-corrected chi connectivity index (χ1v) is 8.65. The van der Waals surface area contributed by atoms with Gasteiger partial charge in [-0.05, 0) is 55.1 Å². The highest BCUT2D eigenvalue weighted by atomic mass is 19.4. The Bertz CT molecular complexity index is 792. The lowest BCUT2D eigenvalue weighted by molar-refractivity contribution is -0.141. The summed E-state index contributed by atoms with van der Waals surface area (Å²) < 4.78 is 39.7. The van der Waals surface area contributed by atoms with Crippen molar-refractivity contribution in [3.05, 3.63) is 36.2 Å². The Morgan fingerprint density at radius 2 is 1.80 bits per heavy atom. The Morgan fingerprint density at radius 3 is 2.44 bits per heavy atom. The largest absolute Gasteiger partial charge is 0.433 e. The van der Waals surface area contributed by atoms with Gasteiger partial charge in [-0.25, -0.2) is 9.97 Å². The van der Waals surface area contributed by atoms with Crippen LogP contribution in [0, 0.1) is 23.7 Å². The molecule has 2 aromatic heterocycles.